The third kappa shape index (κ3) is 4.04. The van der Waals surface area contributed by atoms with Crippen molar-refractivity contribution in [2.45, 2.75) is 19.3 Å². The molecule has 3 rings (SSSR count). The molecule has 0 aliphatic rings. The number of fused-ring (bicyclic) bond motifs is 1. The Kier molecular flexibility index (Phi) is 5.25. The van der Waals surface area contributed by atoms with E-state index in [-0.39, 0.29) is 35.5 Å². The van der Waals surface area contributed by atoms with Gasteiger partial charge >= 0.3 is 6.18 Å². The molecule has 2 aromatic heterocycles. The van der Waals surface area contributed by atoms with Crippen molar-refractivity contribution in [3.05, 3.63) is 53.1 Å². The highest BCUT2D eigenvalue weighted by Gasteiger charge is 2.34. The summed E-state index contributed by atoms with van der Waals surface area (Å²) in [5, 5.41) is 7.08. The van der Waals surface area contributed by atoms with Gasteiger partial charge in [-0.1, -0.05) is 0 Å². The standard InChI is InChI=1S/C18H18F3N5O3/c1-26(17(23)24)16(27)13-6-11-12(18(19,20)21)4-5-14(15(11)25-13)28-8-10-3-2-9(7-22)29-10/h2-6,25H,7-8,22H2,1H3,(H3,23,24). The Morgan fingerprint density at radius 2 is 1.97 bits per heavy atom. The number of carbonyl (C=O) groups is 1. The molecule has 0 bridgehead atoms. The third-order valence-electron chi connectivity index (χ3n) is 4.25. The first kappa shape index (κ1) is 20.3. The summed E-state index contributed by atoms with van der Waals surface area (Å²) in [6.07, 6.45) is -4.64. The van der Waals surface area contributed by atoms with E-state index in [1.807, 2.05) is 0 Å². The number of guanidine groups is 1. The molecular weight excluding hydrogens is 391 g/mol. The number of nitrogens with one attached hydrogen (secondary N) is 2. The van der Waals surface area contributed by atoms with Gasteiger partial charge in [-0.25, -0.2) is 0 Å². The molecule has 1 aromatic carbocycles. The highest BCUT2D eigenvalue weighted by Crippen LogP contribution is 2.39. The minimum absolute atomic E-state index is 0.00858. The molecular formula is C18H18F3N5O3. The average Bonchev–Trinajstić information content (AvgIpc) is 3.30. The minimum atomic E-state index is -4.64. The number of rotatable bonds is 5. The maximum atomic E-state index is 13.4. The van der Waals surface area contributed by atoms with Crippen LogP contribution in [0.5, 0.6) is 5.75 Å². The van der Waals surface area contributed by atoms with Crippen LogP contribution in [-0.2, 0) is 19.3 Å². The summed E-state index contributed by atoms with van der Waals surface area (Å²) >= 11 is 0. The van der Waals surface area contributed by atoms with Crippen LogP contribution < -0.4 is 16.2 Å². The van der Waals surface area contributed by atoms with Gasteiger partial charge in [-0.2, -0.15) is 13.2 Å². The summed E-state index contributed by atoms with van der Waals surface area (Å²) < 4.78 is 51.2. The number of aromatic amines is 1. The number of carbonyl (C=O) groups excluding carboxylic acids is 1. The van der Waals surface area contributed by atoms with E-state index in [0.29, 0.717) is 11.5 Å². The Balaban J connectivity index is 2.01. The molecule has 0 aliphatic carbocycles. The number of nitrogens with zero attached hydrogens (tertiary/aromatic N) is 1. The Hall–Kier alpha value is -3.47. The molecule has 0 aliphatic heterocycles. The number of nitrogens with two attached hydrogens (primary N) is 2. The topological polar surface area (TPSA) is 134 Å². The zero-order valence-corrected chi connectivity index (χ0v) is 15.3. The van der Waals surface area contributed by atoms with E-state index >= 15 is 0 Å². The number of furan rings is 1. The van der Waals surface area contributed by atoms with E-state index in [4.69, 9.17) is 26.0 Å². The lowest BCUT2D eigenvalue weighted by atomic mass is 10.1. The molecule has 0 atom stereocenters. The Bertz CT molecular complexity index is 1070. The summed E-state index contributed by atoms with van der Waals surface area (Å²) in [5.41, 5.74) is 9.65. The van der Waals surface area contributed by atoms with Crippen molar-refractivity contribution in [3.8, 4) is 5.75 Å². The molecule has 0 radical (unpaired) electrons. The number of ether oxygens (including phenoxy) is 1. The average molecular weight is 409 g/mol. The van der Waals surface area contributed by atoms with Crippen molar-refractivity contribution in [2.24, 2.45) is 11.5 Å². The Morgan fingerprint density at radius 1 is 1.28 bits per heavy atom. The van der Waals surface area contributed by atoms with Crippen molar-refractivity contribution in [1.29, 1.82) is 5.41 Å². The zero-order valence-electron chi connectivity index (χ0n) is 15.3. The Morgan fingerprint density at radius 3 is 2.55 bits per heavy atom. The van der Waals surface area contributed by atoms with Crippen LogP contribution in [0.2, 0.25) is 0 Å². The van der Waals surface area contributed by atoms with Gasteiger partial charge in [0.05, 0.1) is 17.6 Å². The van der Waals surface area contributed by atoms with E-state index < -0.39 is 23.6 Å². The highest BCUT2D eigenvalue weighted by molar-refractivity contribution is 6.06. The molecule has 1 amide bonds. The van der Waals surface area contributed by atoms with Crippen molar-refractivity contribution in [3.63, 3.8) is 0 Å². The molecule has 6 N–H and O–H groups in total. The van der Waals surface area contributed by atoms with Gasteiger partial charge in [-0.05, 0) is 30.3 Å². The maximum absolute atomic E-state index is 13.4. The second-order valence-corrected chi connectivity index (χ2v) is 6.19. The van der Waals surface area contributed by atoms with Gasteiger partial charge in [0, 0.05) is 12.4 Å². The van der Waals surface area contributed by atoms with Crippen molar-refractivity contribution < 1.29 is 27.1 Å². The second-order valence-electron chi connectivity index (χ2n) is 6.19. The first-order valence-corrected chi connectivity index (χ1v) is 8.37. The number of halogens is 3. The summed E-state index contributed by atoms with van der Waals surface area (Å²) in [4.78, 5) is 15.8. The van der Waals surface area contributed by atoms with Crippen LogP contribution in [0.4, 0.5) is 13.2 Å². The van der Waals surface area contributed by atoms with E-state index in [2.05, 4.69) is 4.98 Å². The monoisotopic (exact) mass is 409 g/mol. The summed E-state index contributed by atoms with van der Waals surface area (Å²) in [6.45, 7) is 0.159. The van der Waals surface area contributed by atoms with Gasteiger partial charge in [-0.15, -0.1) is 0 Å². The van der Waals surface area contributed by atoms with Gasteiger partial charge in [0.2, 0.25) is 0 Å². The number of aromatic nitrogens is 1. The van der Waals surface area contributed by atoms with Crippen molar-refractivity contribution >= 4 is 22.8 Å². The van der Waals surface area contributed by atoms with E-state index in [0.717, 1.165) is 23.1 Å². The van der Waals surface area contributed by atoms with Crippen LogP contribution in [0, 0.1) is 5.41 Å². The predicted molar refractivity (Wildman–Crippen MR) is 98.2 cm³/mol. The molecule has 0 spiro atoms. The van der Waals surface area contributed by atoms with E-state index in [1.54, 1.807) is 12.1 Å². The van der Waals surface area contributed by atoms with Crippen LogP contribution >= 0.6 is 0 Å². The molecule has 0 saturated heterocycles. The molecule has 0 fully saturated rings. The fourth-order valence-electron chi connectivity index (χ4n) is 2.72. The lowest BCUT2D eigenvalue weighted by Crippen LogP contribution is -2.38. The van der Waals surface area contributed by atoms with Gasteiger partial charge in [0.15, 0.2) is 5.96 Å². The quantitative estimate of drug-likeness (QED) is 0.380. The van der Waals surface area contributed by atoms with E-state index in [9.17, 15) is 18.0 Å². The molecule has 0 saturated carbocycles. The molecule has 8 nitrogen and oxygen atoms in total. The smallest absolute Gasteiger partial charge is 0.417 e. The fraction of sp³-hybridized carbons (Fsp3) is 0.222. The third-order valence-corrected chi connectivity index (χ3v) is 4.25. The van der Waals surface area contributed by atoms with Crippen molar-refractivity contribution in [2.75, 3.05) is 7.05 Å². The van der Waals surface area contributed by atoms with Gasteiger partial charge in [0.1, 0.15) is 29.6 Å². The number of hydrogen-bond donors (Lipinski definition) is 4. The molecule has 3 aromatic rings. The molecule has 0 unspecified atom stereocenters. The highest BCUT2D eigenvalue weighted by atomic mass is 19.4. The SMILES string of the molecule is CN(C(=N)N)C(=O)c1cc2c(C(F)(F)F)ccc(OCc3ccc(CN)o3)c2[nH]1. The Labute approximate surface area is 162 Å². The zero-order chi connectivity index (χ0) is 21.3. The van der Waals surface area contributed by atoms with Crippen LogP contribution in [0.1, 0.15) is 27.6 Å². The molecule has 29 heavy (non-hydrogen) atoms. The summed E-state index contributed by atoms with van der Waals surface area (Å²) in [6, 6.07) is 6.42. The van der Waals surface area contributed by atoms with Crippen LogP contribution in [0.25, 0.3) is 10.9 Å². The molecule has 11 heteroatoms. The predicted octanol–water partition coefficient (Wildman–Crippen LogP) is 2.78. The number of amides is 1. The molecule has 2 heterocycles. The van der Waals surface area contributed by atoms with Crippen molar-refractivity contribution in [1.82, 2.24) is 9.88 Å². The van der Waals surface area contributed by atoms with Crippen LogP contribution in [0.15, 0.2) is 34.7 Å². The largest absolute Gasteiger partial charge is 0.483 e. The first-order chi connectivity index (χ1) is 13.6. The van der Waals surface area contributed by atoms with Gasteiger partial charge in [0.25, 0.3) is 5.91 Å². The number of alkyl halides is 3. The van der Waals surface area contributed by atoms with Gasteiger partial charge < -0.3 is 25.6 Å². The van der Waals surface area contributed by atoms with Gasteiger partial charge in [-0.3, -0.25) is 15.1 Å². The summed E-state index contributed by atoms with van der Waals surface area (Å²) in [5.74, 6) is -0.219. The van der Waals surface area contributed by atoms with Crippen LogP contribution in [-0.4, -0.2) is 28.8 Å². The number of hydrogen-bond acceptors (Lipinski definition) is 5. The second kappa shape index (κ2) is 7.51. The number of H-pyrrole nitrogens is 1. The lowest BCUT2D eigenvalue weighted by molar-refractivity contribution is -0.136. The number of benzene rings is 1. The molecule has 154 valence electrons. The minimum Gasteiger partial charge on any atom is -0.483 e. The fourth-order valence-corrected chi connectivity index (χ4v) is 2.72. The first-order valence-electron chi connectivity index (χ1n) is 8.37. The lowest BCUT2D eigenvalue weighted by Gasteiger charge is -2.12. The summed E-state index contributed by atoms with van der Waals surface area (Å²) in [7, 11) is 1.24. The normalized spacial score (nSPS) is 11.6. The van der Waals surface area contributed by atoms with Crippen LogP contribution in [0.3, 0.4) is 0 Å². The maximum Gasteiger partial charge on any atom is 0.417 e. The van der Waals surface area contributed by atoms with E-state index in [1.165, 1.54) is 7.05 Å².